The third-order valence-corrected chi connectivity index (χ3v) is 7.05. The van der Waals surface area contributed by atoms with Crippen molar-refractivity contribution in [1.82, 2.24) is 0 Å². The molecular formula is C24H27F6N3S2. The molecule has 0 unspecified atom stereocenters. The number of halogens is 6. The van der Waals surface area contributed by atoms with Gasteiger partial charge < -0.3 is 5.73 Å². The monoisotopic (exact) mass is 535 g/mol. The van der Waals surface area contributed by atoms with E-state index in [0.29, 0.717) is 27.1 Å². The van der Waals surface area contributed by atoms with Gasteiger partial charge >= 0.3 is 12.4 Å². The van der Waals surface area contributed by atoms with Crippen molar-refractivity contribution < 1.29 is 26.3 Å². The molecule has 35 heavy (non-hydrogen) atoms. The summed E-state index contributed by atoms with van der Waals surface area (Å²) in [5.74, 6) is 0.605. The Morgan fingerprint density at radius 3 is 1.54 bits per heavy atom. The van der Waals surface area contributed by atoms with E-state index in [0.717, 1.165) is 0 Å². The summed E-state index contributed by atoms with van der Waals surface area (Å²) in [5.41, 5.74) is 5.44. The lowest BCUT2D eigenvalue weighted by atomic mass is 10.1. The Morgan fingerprint density at radius 1 is 0.714 bits per heavy atom. The molecule has 3 nitrogen and oxygen atoms in total. The van der Waals surface area contributed by atoms with Crippen molar-refractivity contribution in [2.45, 2.75) is 56.1 Å². The van der Waals surface area contributed by atoms with Crippen LogP contribution in [0.25, 0.3) is 0 Å². The Balaban J connectivity index is 0.00000210. The normalized spacial score (nSPS) is 15.3. The van der Waals surface area contributed by atoms with E-state index < -0.39 is 30.7 Å². The molecule has 0 radical (unpaired) electrons. The molecule has 0 aliphatic carbocycles. The first kappa shape index (κ1) is 29.3. The number of hydrogen-bond acceptors (Lipinski definition) is 5. The van der Waals surface area contributed by atoms with E-state index in [4.69, 9.17) is 0 Å². The van der Waals surface area contributed by atoms with Gasteiger partial charge in [0, 0.05) is 11.5 Å². The van der Waals surface area contributed by atoms with Crippen molar-refractivity contribution in [2.24, 2.45) is 15.7 Å². The zero-order valence-corrected chi connectivity index (χ0v) is 21.1. The van der Waals surface area contributed by atoms with E-state index >= 15 is 0 Å². The molecule has 3 rings (SSSR count). The highest BCUT2D eigenvalue weighted by Crippen LogP contribution is 2.34. The average Bonchev–Trinajstić information content (AvgIpc) is 3.05. The SMILES string of the molecule is CC1(C)N=C(SCc2ccccc2CC(F)(F)F)N=C1SCc1ccccc1CC(F)(F)F.CN. The zero-order chi connectivity index (χ0) is 26.3. The fourth-order valence-corrected chi connectivity index (χ4v) is 5.47. The molecule has 11 heteroatoms. The van der Waals surface area contributed by atoms with Crippen LogP contribution in [0.2, 0.25) is 0 Å². The predicted molar refractivity (Wildman–Crippen MR) is 134 cm³/mol. The molecule has 0 aromatic heterocycles. The molecule has 1 aliphatic heterocycles. The van der Waals surface area contributed by atoms with Crippen molar-refractivity contribution in [3.8, 4) is 0 Å². The highest BCUT2D eigenvalue weighted by molar-refractivity contribution is 8.15. The highest BCUT2D eigenvalue weighted by Gasteiger charge is 2.33. The van der Waals surface area contributed by atoms with Crippen LogP contribution in [0.1, 0.15) is 36.1 Å². The number of alkyl halides is 6. The second kappa shape index (κ2) is 12.3. The first-order chi connectivity index (χ1) is 16.3. The third-order valence-electron chi connectivity index (χ3n) is 4.84. The summed E-state index contributed by atoms with van der Waals surface area (Å²) >= 11 is 2.58. The molecule has 0 saturated heterocycles. The summed E-state index contributed by atoms with van der Waals surface area (Å²) in [5, 5.41) is 1.11. The Hall–Kier alpha value is -1.98. The van der Waals surface area contributed by atoms with E-state index in [9.17, 15) is 26.3 Å². The Kier molecular flexibility index (Phi) is 10.3. The highest BCUT2D eigenvalue weighted by atomic mass is 32.2. The van der Waals surface area contributed by atoms with Crippen LogP contribution in [-0.2, 0) is 24.3 Å². The van der Waals surface area contributed by atoms with Gasteiger partial charge in [-0.1, -0.05) is 60.3 Å². The van der Waals surface area contributed by atoms with Crippen LogP contribution in [-0.4, -0.2) is 35.2 Å². The van der Waals surface area contributed by atoms with Crippen molar-refractivity contribution >= 4 is 33.7 Å². The van der Waals surface area contributed by atoms with Gasteiger partial charge in [-0.15, -0.1) is 11.8 Å². The third kappa shape index (κ3) is 9.53. The summed E-state index contributed by atoms with van der Waals surface area (Å²) in [6, 6.07) is 12.8. The summed E-state index contributed by atoms with van der Waals surface area (Å²) in [6.07, 6.45) is -10.6. The van der Waals surface area contributed by atoms with Gasteiger partial charge in [0.05, 0.1) is 12.8 Å². The first-order valence-corrected chi connectivity index (χ1v) is 12.6. The Bertz CT molecular complexity index is 1050. The van der Waals surface area contributed by atoms with Gasteiger partial charge in [0.2, 0.25) is 0 Å². The molecular weight excluding hydrogens is 508 g/mol. The molecule has 0 spiro atoms. The predicted octanol–water partition coefficient (Wildman–Crippen LogP) is 7.18. The van der Waals surface area contributed by atoms with Crippen LogP contribution >= 0.6 is 23.5 Å². The molecule has 192 valence electrons. The van der Waals surface area contributed by atoms with Crippen LogP contribution < -0.4 is 5.73 Å². The number of hydrogen-bond donors (Lipinski definition) is 1. The summed E-state index contributed by atoms with van der Waals surface area (Å²) in [6.45, 7) is 3.71. The van der Waals surface area contributed by atoms with Crippen LogP contribution in [0.4, 0.5) is 26.3 Å². The number of benzene rings is 2. The van der Waals surface area contributed by atoms with E-state index in [-0.39, 0.29) is 16.9 Å². The maximum Gasteiger partial charge on any atom is 0.393 e. The van der Waals surface area contributed by atoms with Crippen molar-refractivity contribution in [2.75, 3.05) is 7.05 Å². The number of thioether (sulfide) groups is 2. The summed E-state index contributed by atoms with van der Waals surface area (Å²) < 4.78 is 77.1. The van der Waals surface area contributed by atoms with E-state index in [2.05, 4.69) is 15.7 Å². The molecule has 0 fully saturated rings. The number of nitrogens with two attached hydrogens (primary N) is 1. The molecule has 2 aromatic rings. The van der Waals surface area contributed by atoms with Crippen LogP contribution in [0.5, 0.6) is 0 Å². The van der Waals surface area contributed by atoms with Crippen LogP contribution in [0.15, 0.2) is 58.5 Å². The lowest BCUT2D eigenvalue weighted by molar-refractivity contribution is -0.128. The quantitative estimate of drug-likeness (QED) is 0.399. The fraction of sp³-hybridized carbons (Fsp3) is 0.417. The molecule has 1 aliphatic rings. The lowest BCUT2D eigenvalue weighted by Crippen LogP contribution is -2.23. The van der Waals surface area contributed by atoms with E-state index in [1.165, 1.54) is 42.7 Å². The zero-order valence-electron chi connectivity index (χ0n) is 19.5. The minimum atomic E-state index is -4.29. The van der Waals surface area contributed by atoms with Gasteiger partial charge in [0.15, 0.2) is 5.17 Å². The van der Waals surface area contributed by atoms with Gasteiger partial charge in [0.1, 0.15) is 10.6 Å². The van der Waals surface area contributed by atoms with E-state index in [1.54, 1.807) is 36.4 Å². The minimum Gasteiger partial charge on any atom is -0.333 e. The minimum absolute atomic E-state index is 0.218. The smallest absolute Gasteiger partial charge is 0.333 e. The molecule has 0 bridgehead atoms. The average molecular weight is 536 g/mol. The number of rotatable bonds is 6. The molecule has 2 aromatic carbocycles. The van der Waals surface area contributed by atoms with Gasteiger partial charge in [-0.2, -0.15) is 26.3 Å². The second-order valence-electron chi connectivity index (χ2n) is 8.07. The largest absolute Gasteiger partial charge is 0.393 e. The standard InChI is InChI=1S/C23H22F6N2S2.CH5N/c1-21(2)19(32-13-17-9-5-3-7-15(17)11-22(24,25)26)30-20(31-21)33-14-18-10-6-4-8-16(18)12-23(27,28)29;1-2/h3-10H,11-14H2,1-2H3;2H2,1H3. The maximum absolute atomic E-state index is 12.9. The Labute approximate surface area is 209 Å². The maximum atomic E-state index is 12.9. The van der Waals surface area contributed by atoms with Gasteiger partial charge in [-0.05, 0) is 43.1 Å². The van der Waals surface area contributed by atoms with Crippen molar-refractivity contribution in [3.63, 3.8) is 0 Å². The number of aliphatic imine (C=N–C) groups is 2. The number of amidine groups is 1. The molecule has 0 amide bonds. The van der Waals surface area contributed by atoms with Crippen LogP contribution in [0.3, 0.4) is 0 Å². The summed E-state index contributed by atoms with van der Waals surface area (Å²) in [7, 11) is 1.50. The van der Waals surface area contributed by atoms with Crippen LogP contribution in [0, 0.1) is 0 Å². The topological polar surface area (TPSA) is 50.7 Å². The van der Waals surface area contributed by atoms with Crippen molar-refractivity contribution in [3.05, 3.63) is 70.8 Å². The van der Waals surface area contributed by atoms with Crippen molar-refractivity contribution in [1.29, 1.82) is 0 Å². The fourth-order valence-electron chi connectivity index (χ4n) is 3.27. The molecule has 0 saturated carbocycles. The van der Waals surface area contributed by atoms with Gasteiger partial charge in [-0.25, -0.2) is 9.98 Å². The van der Waals surface area contributed by atoms with Gasteiger partial charge in [0.25, 0.3) is 0 Å². The molecule has 1 heterocycles. The lowest BCUT2D eigenvalue weighted by Gasteiger charge is -2.17. The second-order valence-corrected chi connectivity index (χ2v) is 9.98. The Morgan fingerprint density at radius 2 is 1.11 bits per heavy atom. The summed E-state index contributed by atoms with van der Waals surface area (Å²) in [4.78, 5) is 9.10. The molecule has 0 atom stereocenters. The molecule has 2 N–H and O–H groups in total. The van der Waals surface area contributed by atoms with E-state index in [1.807, 2.05) is 13.8 Å². The first-order valence-electron chi connectivity index (χ1n) is 10.6. The van der Waals surface area contributed by atoms with Gasteiger partial charge in [-0.3, -0.25) is 0 Å². The number of nitrogens with zero attached hydrogens (tertiary/aromatic N) is 2.